The minimum absolute atomic E-state index is 0.0146. The van der Waals surface area contributed by atoms with E-state index in [9.17, 15) is 14.4 Å². The SMILES string of the molecule is Cc1ccccc1C(=O)NC1CCN(C(=O)c2nn(CC(C)C)c(=O)c3ccccc23)CC1. The van der Waals surface area contributed by atoms with E-state index in [1.807, 2.05) is 51.1 Å². The molecule has 1 aliphatic heterocycles. The number of nitrogens with one attached hydrogen (secondary N) is 1. The molecular weight excluding hydrogens is 416 g/mol. The molecule has 7 heteroatoms. The van der Waals surface area contributed by atoms with Gasteiger partial charge in [0.05, 0.1) is 5.39 Å². The molecule has 7 nitrogen and oxygen atoms in total. The number of likely N-dealkylation sites (tertiary alicyclic amines) is 1. The Labute approximate surface area is 193 Å². The third-order valence-electron chi connectivity index (χ3n) is 6.12. The number of nitrogens with zero attached hydrogens (tertiary/aromatic N) is 3. The van der Waals surface area contributed by atoms with E-state index in [1.54, 1.807) is 23.1 Å². The molecule has 1 saturated heterocycles. The summed E-state index contributed by atoms with van der Waals surface area (Å²) in [6.07, 6.45) is 1.35. The molecule has 0 unspecified atom stereocenters. The third kappa shape index (κ3) is 4.82. The minimum Gasteiger partial charge on any atom is -0.349 e. The van der Waals surface area contributed by atoms with Gasteiger partial charge in [0.2, 0.25) is 0 Å². The van der Waals surface area contributed by atoms with Crippen LogP contribution in [0.25, 0.3) is 10.8 Å². The minimum atomic E-state index is -0.174. The van der Waals surface area contributed by atoms with Crippen molar-refractivity contribution >= 4 is 22.6 Å². The van der Waals surface area contributed by atoms with Gasteiger partial charge < -0.3 is 10.2 Å². The highest BCUT2D eigenvalue weighted by Gasteiger charge is 2.28. The number of rotatable bonds is 5. The van der Waals surface area contributed by atoms with Gasteiger partial charge in [-0.2, -0.15) is 5.10 Å². The first kappa shape index (κ1) is 22.7. The van der Waals surface area contributed by atoms with Crippen LogP contribution in [0.1, 0.15) is 53.1 Å². The molecular formula is C26H30N4O3. The molecule has 4 rings (SSSR count). The van der Waals surface area contributed by atoms with E-state index >= 15 is 0 Å². The fourth-order valence-electron chi connectivity index (χ4n) is 4.33. The van der Waals surface area contributed by atoms with Crippen LogP contribution in [0.3, 0.4) is 0 Å². The monoisotopic (exact) mass is 446 g/mol. The van der Waals surface area contributed by atoms with Gasteiger partial charge in [-0.15, -0.1) is 0 Å². The van der Waals surface area contributed by atoms with E-state index in [0.717, 1.165) is 5.56 Å². The van der Waals surface area contributed by atoms with Gasteiger partial charge in [0.15, 0.2) is 5.69 Å². The topological polar surface area (TPSA) is 84.3 Å². The molecule has 0 saturated carbocycles. The Morgan fingerprint density at radius 2 is 1.67 bits per heavy atom. The van der Waals surface area contributed by atoms with Gasteiger partial charge in [0, 0.05) is 36.6 Å². The van der Waals surface area contributed by atoms with Crippen molar-refractivity contribution in [2.45, 2.75) is 46.2 Å². The summed E-state index contributed by atoms with van der Waals surface area (Å²) in [5.41, 5.74) is 1.76. The van der Waals surface area contributed by atoms with Crippen LogP contribution < -0.4 is 10.9 Å². The van der Waals surface area contributed by atoms with Crippen molar-refractivity contribution in [1.82, 2.24) is 20.0 Å². The average molecular weight is 447 g/mol. The van der Waals surface area contributed by atoms with Crippen LogP contribution in [-0.2, 0) is 6.54 Å². The van der Waals surface area contributed by atoms with E-state index < -0.39 is 0 Å². The zero-order valence-corrected chi connectivity index (χ0v) is 19.4. The summed E-state index contributed by atoms with van der Waals surface area (Å²) in [4.78, 5) is 40.7. The summed E-state index contributed by atoms with van der Waals surface area (Å²) in [6.45, 7) is 7.46. The Kier molecular flexibility index (Phi) is 6.58. The number of hydrogen-bond donors (Lipinski definition) is 1. The van der Waals surface area contributed by atoms with Crippen molar-refractivity contribution in [2.24, 2.45) is 5.92 Å². The molecule has 33 heavy (non-hydrogen) atoms. The Morgan fingerprint density at radius 3 is 2.33 bits per heavy atom. The number of amides is 2. The number of hydrogen-bond acceptors (Lipinski definition) is 4. The van der Waals surface area contributed by atoms with Crippen LogP contribution in [-0.4, -0.2) is 45.6 Å². The summed E-state index contributed by atoms with van der Waals surface area (Å²) in [5.74, 6) is -0.0226. The predicted octanol–water partition coefficient (Wildman–Crippen LogP) is 3.40. The maximum Gasteiger partial charge on any atom is 0.274 e. The third-order valence-corrected chi connectivity index (χ3v) is 6.12. The number of aryl methyl sites for hydroxylation is 1. The summed E-state index contributed by atoms with van der Waals surface area (Å²) in [7, 11) is 0. The Bertz CT molecular complexity index is 1240. The molecule has 1 aromatic heterocycles. The standard InChI is InChI=1S/C26H30N4O3/c1-17(2)16-30-25(32)22-11-7-6-10-21(22)23(28-30)26(33)29-14-12-19(13-15-29)27-24(31)20-9-5-4-8-18(20)3/h4-11,17,19H,12-16H2,1-3H3,(H,27,31). The fraction of sp³-hybridized carbons (Fsp3) is 0.385. The van der Waals surface area contributed by atoms with Crippen LogP contribution in [0.4, 0.5) is 0 Å². The van der Waals surface area contributed by atoms with Gasteiger partial charge in [-0.25, -0.2) is 4.68 Å². The zero-order valence-electron chi connectivity index (χ0n) is 19.4. The van der Waals surface area contributed by atoms with Crippen LogP contribution >= 0.6 is 0 Å². The largest absolute Gasteiger partial charge is 0.349 e. The van der Waals surface area contributed by atoms with Gasteiger partial charge in [-0.1, -0.05) is 50.2 Å². The van der Waals surface area contributed by atoms with E-state index in [-0.39, 0.29) is 29.3 Å². The number of piperidine rings is 1. The van der Waals surface area contributed by atoms with Crippen LogP contribution in [0, 0.1) is 12.8 Å². The Morgan fingerprint density at radius 1 is 1.03 bits per heavy atom. The van der Waals surface area contributed by atoms with Crippen LogP contribution in [0.2, 0.25) is 0 Å². The van der Waals surface area contributed by atoms with E-state index in [0.29, 0.717) is 54.5 Å². The molecule has 1 aliphatic rings. The second kappa shape index (κ2) is 9.57. The van der Waals surface area contributed by atoms with E-state index in [1.165, 1.54) is 4.68 Å². The van der Waals surface area contributed by atoms with Gasteiger partial charge >= 0.3 is 0 Å². The summed E-state index contributed by atoms with van der Waals surface area (Å²) < 4.78 is 1.41. The molecule has 2 aromatic carbocycles. The van der Waals surface area contributed by atoms with Gasteiger partial charge in [0.25, 0.3) is 17.4 Å². The van der Waals surface area contributed by atoms with Gasteiger partial charge in [-0.3, -0.25) is 14.4 Å². The fourth-order valence-corrected chi connectivity index (χ4v) is 4.33. The molecule has 0 radical (unpaired) electrons. The second-order valence-corrected chi connectivity index (χ2v) is 9.13. The lowest BCUT2D eigenvalue weighted by atomic mass is 10.0. The number of carbonyl (C=O) groups excluding carboxylic acids is 2. The highest BCUT2D eigenvalue weighted by molar-refractivity contribution is 6.04. The van der Waals surface area contributed by atoms with Crippen molar-refractivity contribution in [1.29, 1.82) is 0 Å². The zero-order chi connectivity index (χ0) is 23.5. The molecule has 0 aliphatic carbocycles. The van der Waals surface area contributed by atoms with E-state index in [4.69, 9.17) is 0 Å². The smallest absolute Gasteiger partial charge is 0.274 e. The lowest BCUT2D eigenvalue weighted by Crippen LogP contribution is -2.47. The lowest BCUT2D eigenvalue weighted by Gasteiger charge is -2.32. The maximum absolute atomic E-state index is 13.4. The molecule has 1 N–H and O–H groups in total. The van der Waals surface area contributed by atoms with E-state index in [2.05, 4.69) is 10.4 Å². The number of carbonyl (C=O) groups is 2. The van der Waals surface area contributed by atoms with Crippen molar-refractivity contribution < 1.29 is 9.59 Å². The van der Waals surface area contributed by atoms with Gasteiger partial charge in [0.1, 0.15) is 0 Å². The first-order chi connectivity index (χ1) is 15.8. The molecule has 2 heterocycles. The Balaban J connectivity index is 1.50. The molecule has 2 amide bonds. The molecule has 0 spiro atoms. The summed E-state index contributed by atoms with van der Waals surface area (Å²) >= 11 is 0. The summed E-state index contributed by atoms with van der Waals surface area (Å²) in [6, 6.07) is 14.7. The van der Waals surface area contributed by atoms with Crippen molar-refractivity contribution in [3.63, 3.8) is 0 Å². The number of fused-ring (bicyclic) bond motifs is 1. The lowest BCUT2D eigenvalue weighted by molar-refractivity contribution is 0.0691. The van der Waals surface area contributed by atoms with Crippen molar-refractivity contribution in [3.05, 3.63) is 75.7 Å². The van der Waals surface area contributed by atoms with Crippen molar-refractivity contribution in [3.8, 4) is 0 Å². The van der Waals surface area contributed by atoms with Crippen LogP contribution in [0.15, 0.2) is 53.3 Å². The molecule has 172 valence electrons. The summed E-state index contributed by atoms with van der Waals surface area (Å²) in [5, 5.41) is 8.68. The van der Waals surface area contributed by atoms with Crippen LogP contribution in [0.5, 0.6) is 0 Å². The molecule has 1 fully saturated rings. The highest BCUT2D eigenvalue weighted by atomic mass is 16.2. The Hall–Kier alpha value is -3.48. The normalized spacial score (nSPS) is 14.6. The average Bonchev–Trinajstić information content (AvgIpc) is 2.81. The number of benzene rings is 2. The second-order valence-electron chi connectivity index (χ2n) is 9.13. The van der Waals surface area contributed by atoms with Crippen molar-refractivity contribution in [2.75, 3.05) is 13.1 Å². The molecule has 3 aromatic rings. The number of aromatic nitrogens is 2. The first-order valence-electron chi connectivity index (χ1n) is 11.5. The quantitative estimate of drug-likeness (QED) is 0.651. The maximum atomic E-state index is 13.4. The van der Waals surface area contributed by atoms with Gasteiger partial charge in [-0.05, 0) is 43.4 Å². The molecule has 0 bridgehead atoms. The highest BCUT2D eigenvalue weighted by Crippen LogP contribution is 2.19. The first-order valence-corrected chi connectivity index (χ1v) is 11.5. The molecule has 0 atom stereocenters. The predicted molar refractivity (Wildman–Crippen MR) is 128 cm³/mol.